The van der Waals surface area contributed by atoms with E-state index in [-0.39, 0.29) is 23.1 Å². The van der Waals surface area contributed by atoms with Gasteiger partial charge in [-0.2, -0.15) is 0 Å². The van der Waals surface area contributed by atoms with E-state index in [9.17, 15) is 13.2 Å². The van der Waals surface area contributed by atoms with Gasteiger partial charge in [0.05, 0.1) is 22.9 Å². The summed E-state index contributed by atoms with van der Waals surface area (Å²) in [4.78, 5) is 16.9. The number of fused-ring (bicyclic) bond motifs is 1. The number of amides is 1. The van der Waals surface area contributed by atoms with Gasteiger partial charge >= 0.3 is 0 Å². The monoisotopic (exact) mass is 453 g/mol. The molecule has 0 saturated carbocycles. The molecule has 2 heterocycles. The average Bonchev–Trinajstić information content (AvgIpc) is 3.14. The summed E-state index contributed by atoms with van der Waals surface area (Å²) in [6.07, 6.45) is 3.20. The summed E-state index contributed by atoms with van der Waals surface area (Å²) in [7, 11) is -3.63. The van der Waals surface area contributed by atoms with Gasteiger partial charge in [0.1, 0.15) is 6.54 Å². The number of hydrogen-bond donors (Lipinski definition) is 1. The lowest BCUT2D eigenvalue weighted by atomic mass is 10.2. The molecule has 0 atom stereocenters. The number of hydrogen-bond acceptors (Lipinski definition) is 4. The lowest BCUT2D eigenvalue weighted by molar-refractivity contribution is -0.121. The molecule has 158 valence electrons. The number of nitrogens with zero attached hydrogens (tertiary/aromatic N) is 2. The zero-order valence-electron chi connectivity index (χ0n) is 16.5. The van der Waals surface area contributed by atoms with Crippen LogP contribution in [0, 0.1) is 0 Å². The van der Waals surface area contributed by atoms with Crippen LogP contribution in [0.25, 0.3) is 10.9 Å². The zero-order valence-corrected chi connectivity index (χ0v) is 18.1. The topological polar surface area (TPSA) is 81.1 Å². The van der Waals surface area contributed by atoms with E-state index in [0.717, 1.165) is 5.69 Å². The van der Waals surface area contributed by atoms with Crippen LogP contribution in [-0.4, -0.2) is 23.9 Å². The first-order chi connectivity index (χ1) is 14.9. The molecule has 31 heavy (non-hydrogen) atoms. The highest BCUT2D eigenvalue weighted by Gasteiger charge is 2.22. The summed E-state index contributed by atoms with van der Waals surface area (Å²) in [5, 5.41) is 3.96. The van der Waals surface area contributed by atoms with E-state index in [2.05, 4.69) is 10.3 Å². The van der Waals surface area contributed by atoms with E-state index < -0.39 is 9.84 Å². The first kappa shape index (κ1) is 21.1. The molecule has 6 nitrogen and oxygen atoms in total. The van der Waals surface area contributed by atoms with Gasteiger partial charge in [0.15, 0.2) is 9.84 Å². The molecule has 0 aliphatic rings. The van der Waals surface area contributed by atoms with Crippen molar-refractivity contribution in [3.63, 3.8) is 0 Å². The lowest BCUT2D eigenvalue weighted by Gasteiger charge is -2.07. The maximum Gasteiger partial charge on any atom is 0.240 e. The summed E-state index contributed by atoms with van der Waals surface area (Å²) in [5.74, 6) is -0.377. The van der Waals surface area contributed by atoms with Gasteiger partial charge in [0.25, 0.3) is 0 Å². The molecular weight excluding hydrogens is 434 g/mol. The van der Waals surface area contributed by atoms with E-state index in [1.165, 1.54) is 6.20 Å². The largest absolute Gasteiger partial charge is 0.349 e. The molecule has 0 aliphatic heterocycles. The Balaban J connectivity index is 1.58. The van der Waals surface area contributed by atoms with Crippen molar-refractivity contribution in [3.8, 4) is 0 Å². The Morgan fingerprint density at radius 1 is 1.00 bits per heavy atom. The van der Waals surface area contributed by atoms with Crippen molar-refractivity contribution >= 4 is 38.2 Å². The standard InChI is InChI=1S/C23H20ClN3O3S/c24-18-10-8-17(9-11-18)16-31(29,30)22-14-27(21-7-2-1-6-20(21)22)15-23(28)26-13-19-5-3-4-12-25-19/h1-12,14H,13,15-16H2,(H,26,28). The summed E-state index contributed by atoms with van der Waals surface area (Å²) in [6, 6.07) is 19.4. The minimum Gasteiger partial charge on any atom is -0.349 e. The van der Waals surface area contributed by atoms with Gasteiger partial charge in [-0.15, -0.1) is 0 Å². The smallest absolute Gasteiger partial charge is 0.240 e. The number of rotatable bonds is 7. The Morgan fingerprint density at radius 3 is 2.48 bits per heavy atom. The van der Waals surface area contributed by atoms with E-state index in [4.69, 9.17) is 11.6 Å². The fourth-order valence-electron chi connectivity index (χ4n) is 3.37. The second-order valence-corrected chi connectivity index (χ2v) is 9.52. The van der Waals surface area contributed by atoms with Crippen molar-refractivity contribution in [3.05, 3.63) is 95.4 Å². The third-order valence-electron chi connectivity index (χ3n) is 4.86. The number of aromatic nitrogens is 2. The van der Waals surface area contributed by atoms with Crippen molar-refractivity contribution in [2.75, 3.05) is 0 Å². The molecule has 2 aromatic heterocycles. The fraction of sp³-hybridized carbons (Fsp3) is 0.130. The quantitative estimate of drug-likeness (QED) is 0.459. The Hall–Kier alpha value is -3.16. The molecule has 0 radical (unpaired) electrons. The van der Waals surface area contributed by atoms with Crippen LogP contribution < -0.4 is 5.32 Å². The normalized spacial score (nSPS) is 11.5. The number of benzene rings is 2. The maximum atomic E-state index is 13.2. The van der Waals surface area contributed by atoms with Crippen LogP contribution in [0.3, 0.4) is 0 Å². The molecule has 4 rings (SSSR count). The Kier molecular flexibility index (Phi) is 6.06. The van der Waals surface area contributed by atoms with Crippen molar-refractivity contribution in [2.45, 2.75) is 23.7 Å². The molecule has 4 aromatic rings. The number of pyridine rings is 1. The zero-order chi connectivity index (χ0) is 21.8. The second-order valence-electron chi connectivity index (χ2n) is 7.12. The average molecular weight is 454 g/mol. The molecule has 1 N–H and O–H groups in total. The summed E-state index contributed by atoms with van der Waals surface area (Å²) in [5.41, 5.74) is 2.08. The first-order valence-electron chi connectivity index (χ1n) is 9.64. The lowest BCUT2D eigenvalue weighted by Crippen LogP contribution is -2.27. The number of sulfone groups is 1. The highest BCUT2D eigenvalue weighted by molar-refractivity contribution is 7.90. The van der Waals surface area contributed by atoms with Crippen LogP contribution in [0.4, 0.5) is 0 Å². The summed E-state index contributed by atoms with van der Waals surface area (Å²) in [6.45, 7) is 0.310. The highest BCUT2D eigenvalue weighted by Crippen LogP contribution is 2.28. The predicted octanol–water partition coefficient (Wildman–Crippen LogP) is 3.98. The van der Waals surface area contributed by atoms with Crippen molar-refractivity contribution in [2.24, 2.45) is 0 Å². The van der Waals surface area contributed by atoms with Gasteiger partial charge in [-0.3, -0.25) is 9.78 Å². The molecule has 8 heteroatoms. The minimum absolute atomic E-state index is 0.00378. The first-order valence-corrected chi connectivity index (χ1v) is 11.7. The Bertz CT molecular complexity index is 1320. The van der Waals surface area contributed by atoms with Crippen LogP contribution in [0.2, 0.25) is 5.02 Å². The van der Waals surface area contributed by atoms with Crippen LogP contribution >= 0.6 is 11.6 Å². The number of halogens is 1. The minimum atomic E-state index is -3.63. The number of para-hydroxylation sites is 1. The van der Waals surface area contributed by atoms with Crippen molar-refractivity contribution in [1.29, 1.82) is 0 Å². The number of carbonyl (C=O) groups excluding carboxylic acids is 1. The highest BCUT2D eigenvalue weighted by atomic mass is 35.5. The van der Waals surface area contributed by atoms with Gasteiger partial charge in [0.2, 0.25) is 5.91 Å². The molecule has 1 amide bonds. The Morgan fingerprint density at radius 2 is 1.74 bits per heavy atom. The Labute approximate surface area is 185 Å². The van der Waals surface area contributed by atoms with E-state index in [1.807, 2.05) is 30.3 Å². The third kappa shape index (κ3) is 4.95. The fourth-order valence-corrected chi connectivity index (χ4v) is 5.08. The molecule has 0 spiro atoms. The molecule has 0 bridgehead atoms. The molecule has 0 unspecified atom stereocenters. The van der Waals surface area contributed by atoms with Crippen molar-refractivity contribution in [1.82, 2.24) is 14.9 Å². The SMILES string of the molecule is O=C(Cn1cc(S(=O)(=O)Cc2ccc(Cl)cc2)c2ccccc21)NCc1ccccn1. The summed E-state index contributed by atoms with van der Waals surface area (Å²) >= 11 is 5.90. The third-order valence-corrected chi connectivity index (χ3v) is 6.82. The van der Waals surface area contributed by atoms with Crippen LogP contribution in [0.5, 0.6) is 0 Å². The molecule has 0 saturated heterocycles. The van der Waals surface area contributed by atoms with Crippen LogP contribution in [0.15, 0.2) is 84.0 Å². The van der Waals surface area contributed by atoms with Gasteiger partial charge in [0, 0.05) is 28.3 Å². The van der Waals surface area contributed by atoms with Gasteiger partial charge in [-0.1, -0.05) is 48.0 Å². The van der Waals surface area contributed by atoms with Gasteiger partial charge in [-0.25, -0.2) is 8.42 Å². The molecule has 2 aromatic carbocycles. The molecular formula is C23H20ClN3O3S. The van der Waals surface area contributed by atoms with Crippen molar-refractivity contribution < 1.29 is 13.2 Å². The second kappa shape index (κ2) is 8.91. The van der Waals surface area contributed by atoms with Gasteiger partial charge in [-0.05, 0) is 35.9 Å². The van der Waals surface area contributed by atoms with E-state index in [0.29, 0.717) is 28.0 Å². The number of nitrogens with one attached hydrogen (secondary N) is 1. The summed E-state index contributed by atoms with van der Waals surface area (Å²) < 4.78 is 28.0. The van der Waals surface area contributed by atoms with Gasteiger partial charge < -0.3 is 9.88 Å². The van der Waals surface area contributed by atoms with Crippen LogP contribution in [0.1, 0.15) is 11.3 Å². The van der Waals surface area contributed by atoms with E-state index in [1.54, 1.807) is 47.2 Å². The molecule has 0 aliphatic carbocycles. The van der Waals surface area contributed by atoms with Crippen LogP contribution in [-0.2, 0) is 33.5 Å². The predicted molar refractivity (Wildman–Crippen MR) is 120 cm³/mol. The maximum absolute atomic E-state index is 13.2. The number of carbonyl (C=O) groups is 1. The van der Waals surface area contributed by atoms with E-state index >= 15 is 0 Å². The molecule has 0 fully saturated rings.